The SMILES string of the molecule is CCc1ccc(/C=N\O[C@H](C)C(=O)N2CC[NH+](Cc3ccccc3)CC2)cc1. The molecule has 1 heterocycles. The van der Waals surface area contributed by atoms with E-state index in [9.17, 15) is 4.79 Å². The smallest absolute Gasteiger partial charge is 0.266 e. The summed E-state index contributed by atoms with van der Waals surface area (Å²) in [6.07, 6.45) is 2.10. The standard InChI is InChI=1S/C23H29N3O2/c1-3-20-9-11-21(12-10-20)17-24-28-19(2)23(27)26-15-13-25(14-16-26)18-22-7-5-4-6-8-22/h4-12,17,19H,3,13-16,18H2,1-2H3/p+1/b24-17-/t19-/m1/s1. The molecule has 1 aliphatic heterocycles. The first-order chi connectivity index (χ1) is 13.7. The fourth-order valence-corrected chi connectivity index (χ4v) is 3.43. The van der Waals surface area contributed by atoms with E-state index in [-0.39, 0.29) is 5.91 Å². The number of carbonyl (C=O) groups is 1. The third-order valence-corrected chi connectivity index (χ3v) is 5.24. The Morgan fingerprint density at radius 1 is 1.11 bits per heavy atom. The minimum Gasteiger partial charge on any atom is -0.383 e. The van der Waals surface area contributed by atoms with Crippen molar-refractivity contribution in [1.29, 1.82) is 0 Å². The Balaban J connectivity index is 1.43. The number of hydrogen-bond donors (Lipinski definition) is 1. The number of oxime groups is 1. The van der Waals surface area contributed by atoms with Gasteiger partial charge in [-0.2, -0.15) is 0 Å². The van der Waals surface area contributed by atoms with Gasteiger partial charge in [-0.1, -0.05) is 66.7 Å². The number of benzene rings is 2. The number of nitrogens with one attached hydrogen (secondary N) is 1. The molecule has 0 unspecified atom stereocenters. The summed E-state index contributed by atoms with van der Waals surface area (Å²) < 4.78 is 0. The molecule has 1 amide bonds. The van der Waals surface area contributed by atoms with Crippen LogP contribution in [0.3, 0.4) is 0 Å². The van der Waals surface area contributed by atoms with Crippen molar-refractivity contribution in [1.82, 2.24) is 4.90 Å². The van der Waals surface area contributed by atoms with E-state index < -0.39 is 6.10 Å². The van der Waals surface area contributed by atoms with Crippen LogP contribution >= 0.6 is 0 Å². The van der Waals surface area contributed by atoms with E-state index in [1.165, 1.54) is 16.0 Å². The lowest BCUT2D eigenvalue weighted by atomic mass is 10.1. The highest BCUT2D eigenvalue weighted by atomic mass is 16.6. The van der Waals surface area contributed by atoms with Crippen LogP contribution in [-0.2, 0) is 22.6 Å². The lowest BCUT2D eigenvalue weighted by Crippen LogP contribution is -3.13. The van der Waals surface area contributed by atoms with Crippen LogP contribution < -0.4 is 4.90 Å². The van der Waals surface area contributed by atoms with Crippen molar-refractivity contribution in [2.24, 2.45) is 5.16 Å². The van der Waals surface area contributed by atoms with Gasteiger partial charge in [-0.25, -0.2) is 0 Å². The molecule has 1 N–H and O–H groups in total. The molecule has 0 spiro atoms. The first-order valence-electron chi connectivity index (χ1n) is 10.1. The van der Waals surface area contributed by atoms with Gasteiger partial charge in [-0.15, -0.1) is 0 Å². The van der Waals surface area contributed by atoms with Gasteiger partial charge in [0.2, 0.25) is 6.10 Å². The minimum atomic E-state index is -0.568. The van der Waals surface area contributed by atoms with Crippen molar-refractivity contribution >= 4 is 12.1 Å². The molecule has 1 fully saturated rings. The fraction of sp³-hybridized carbons (Fsp3) is 0.391. The highest BCUT2D eigenvalue weighted by Crippen LogP contribution is 2.05. The van der Waals surface area contributed by atoms with Crippen molar-refractivity contribution in [3.05, 3.63) is 71.3 Å². The molecule has 3 rings (SSSR count). The van der Waals surface area contributed by atoms with Crippen molar-refractivity contribution in [3.8, 4) is 0 Å². The number of rotatable bonds is 7. The maximum Gasteiger partial charge on any atom is 0.266 e. The first-order valence-corrected chi connectivity index (χ1v) is 10.1. The molecular weight excluding hydrogens is 350 g/mol. The molecule has 5 nitrogen and oxygen atoms in total. The molecule has 1 atom stereocenters. The number of hydrogen-bond acceptors (Lipinski definition) is 3. The Labute approximate surface area is 167 Å². The average molecular weight is 381 g/mol. The molecule has 1 saturated heterocycles. The second-order valence-corrected chi connectivity index (χ2v) is 7.31. The average Bonchev–Trinajstić information content (AvgIpc) is 2.75. The highest BCUT2D eigenvalue weighted by Gasteiger charge is 2.27. The Hall–Kier alpha value is -2.66. The van der Waals surface area contributed by atoms with Crippen molar-refractivity contribution in [3.63, 3.8) is 0 Å². The molecule has 0 saturated carbocycles. The molecular formula is C23H30N3O2+. The zero-order valence-electron chi connectivity index (χ0n) is 16.8. The van der Waals surface area contributed by atoms with Crippen molar-refractivity contribution in [2.75, 3.05) is 26.2 Å². The number of nitrogens with zero attached hydrogens (tertiary/aromatic N) is 2. The summed E-state index contributed by atoms with van der Waals surface area (Å²) in [7, 11) is 0. The van der Waals surface area contributed by atoms with Gasteiger partial charge >= 0.3 is 0 Å². The zero-order chi connectivity index (χ0) is 19.8. The van der Waals surface area contributed by atoms with Gasteiger partial charge in [-0.3, -0.25) is 4.79 Å². The Kier molecular flexibility index (Phi) is 7.20. The summed E-state index contributed by atoms with van der Waals surface area (Å²) in [5, 5.41) is 4.01. The third kappa shape index (κ3) is 5.67. The molecule has 0 aromatic heterocycles. The molecule has 148 valence electrons. The van der Waals surface area contributed by atoms with E-state index in [0.717, 1.165) is 44.7 Å². The van der Waals surface area contributed by atoms with Gasteiger partial charge in [0.05, 0.1) is 32.4 Å². The molecule has 28 heavy (non-hydrogen) atoms. The number of carbonyl (C=O) groups excluding carboxylic acids is 1. The maximum atomic E-state index is 12.6. The largest absolute Gasteiger partial charge is 0.383 e. The van der Waals surface area contributed by atoms with Gasteiger partial charge in [0, 0.05) is 5.56 Å². The van der Waals surface area contributed by atoms with Gasteiger partial charge in [0.25, 0.3) is 5.91 Å². The summed E-state index contributed by atoms with van der Waals surface area (Å²) in [4.78, 5) is 21.4. The lowest BCUT2D eigenvalue weighted by Gasteiger charge is -2.33. The molecule has 5 heteroatoms. The fourth-order valence-electron chi connectivity index (χ4n) is 3.43. The van der Waals surface area contributed by atoms with Crippen LogP contribution in [-0.4, -0.2) is 49.3 Å². The van der Waals surface area contributed by atoms with E-state index in [4.69, 9.17) is 4.84 Å². The lowest BCUT2D eigenvalue weighted by molar-refractivity contribution is -0.917. The van der Waals surface area contributed by atoms with Crippen LogP contribution in [0, 0.1) is 0 Å². The molecule has 0 aliphatic carbocycles. The number of aryl methyl sites for hydroxylation is 1. The van der Waals surface area contributed by atoms with E-state index in [0.29, 0.717) is 0 Å². The molecule has 2 aromatic rings. The van der Waals surface area contributed by atoms with Gasteiger partial charge < -0.3 is 14.6 Å². The van der Waals surface area contributed by atoms with Crippen molar-refractivity contribution in [2.45, 2.75) is 32.9 Å². The predicted molar refractivity (Wildman–Crippen MR) is 111 cm³/mol. The van der Waals surface area contributed by atoms with E-state index in [1.807, 2.05) is 23.1 Å². The van der Waals surface area contributed by atoms with Crippen LogP contribution in [0.2, 0.25) is 0 Å². The molecule has 0 bridgehead atoms. The normalized spacial score (nSPS) is 16.3. The predicted octanol–water partition coefficient (Wildman–Crippen LogP) is 1.92. The van der Waals surface area contributed by atoms with Crippen LogP contribution in [0.4, 0.5) is 0 Å². The number of piperazine rings is 1. The highest BCUT2D eigenvalue weighted by molar-refractivity contribution is 5.81. The van der Waals surface area contributed by atoms with Gasteiger partial charge in [-0.05, 0) is 24.5 Å². The topological polar surface area (TPSA) is 46.3 Å². The second kappa shape index (κ2) is 10.0. The molecule has 2 aromatic carbocycles. The maximum absolute atomic E-state index is 12.6. The Bertz CT molecular complexity index is 766. The van der Waals surface area contributed by atoms with E-state index >= 15 is 0 Å². The van der Waals surface area contributed by atoms with E-state index in [2.05, 4.69) is 48.5 Å². The van der Waals surface area contributed by atoms with Gasteiger partial charge in [0.15, 0.2) is 0 Å². The van der Waals surface area contributed by atoms with Gasteiger partial charge in [0.1, 0.15) is 6.54 Å². The monoisotopic (exact) mass is 380 g/mol. The Morgan fingerprint density at radius 2 is 1.79 bits per heavy atom. The summed E-state index contributed by atoms with van der Waals surface area (Å²) in [5.41, 5.74) is 3.60. The van der Waals surface area contributed by atoms with Crippen molar-refractivity contribution < 1.29 is 14.5 Å². The third-order valence-electron chi connectivity index (χ3n) is 5.24. The van der Waals surface area contributed by atoms with E-state index in [1.54, 1.807) is 13.1 Å². The summed E-state index contributed by atoms with van der Waals surface area (Å²) in [5.74, 6) is 0.0113. The molecule has 1 aliphatic rings. The number of amides is 1. The number of quaternary nitrogens is 1. The minimum absolute atomic E-state index is 0.0113. The summed E-state index contributed by atoms with van der Waals surface area (Å²) >= 11 is 0. The summed E-state index contributed by atoms with van der Waals surface area (Å²) in [6, 6.07) is 18.7. The summed E-state index contributed by atoms with van der Waals surface area (Å²) in [6.45, 7) is 8.34. The van der Waals surface area contributed by atoms with Crippen LogP contribution in [0.25, 0.3) is 0 Å². The quantitative estimate of drug-likeness (QED) is 0.589. The van der Waals surface area contributed by atoms with Crippen LogP contribution in [0.15, 0.2) is 59.8 Å². The first kappa shape index (κ1) is 20.1. The molecule has 0 radical (unpaired) electrons. The van der Waals surface area contributed by atoms with Crippen LogP contribution in [0.5, 0.6) is 0 Å². The zero-order valence-corrected chi connectivity index (χ0v) is 16.8. The second-order valence-electron chi connectivity index (χ2n) is 7.31. The Morgan fingerprint density at radius 3 is 2.43 bits per heavy atom. The van der Waals surface area contributed by atoms with Crippen LogP contribution in [0.1, 0.15) is 30.5 Å².